The number of aryl methyl sites for hydroxylation is 1. The summed E-state index contributed by atoms with van der Waals surface area (Å²) in [4.78, 5) is 13.1. The van der Waals surface area contributed by atoms with Gasteiger partial charge in [-0.15, -0.1) is 0 Å². The Morgan fingerprint density at radius 2 is 1.74 bits per heavy atom. The molecule has 5 rings (SSSR count). The Labute approximate surface area is 227 Å². The Morgan fingerprint density at radius 1 is 1.10 bits per heavy atom. The average molecular weight is 551 g/mol. The largest absolute Gasteiger partial charge is 0.457 e. The molecule has 3 aromatic carbocycles. The molecule has 9 nitrogen and oxygen atoms in total. The number of nitrogens with zero attached hydrogens (tertiary/aromatic N) is 1. The van der Waals surface area contributed by atoms with Gasteiger partial charge in [-0.1, -0.05) is 17.7 Å². The van der Waals surface area contributed by atoms with E-state index in [0.717, 1.165) is 11.8 Å². The SMILES string of the molecule is CNC(=O)c1c(-c2ccc(Oc3ccc(C)cc3)cc2)oc2cc3c(cc12)[C@H](C)O[C@@H](CO)CN3S(C)(=O)=O. The second-order valence-corrected chi connectivity index (χ2v) is 11.5. The summed E-state index contributed by atoms with van der Waals surface area (Å²) >= 11 is 0. The highest BCUT2D eigenvalue weighted by Crippen LogP contribution is 2.42. The summed E-state index contributed by atoms with van der Waals surface area (Å²) in [5, 5.41) is 12.9. The quantitative estimate of drug-likeness (QED) is 0.355. The maximum absolute atomic E-state index is 13.1. The maximum atomic E-state index is 13.1. The minimum Gasteiger partial charge on any atom is -0.457 e. The molecule has 4 aromatic rings. The topological polar surface area (TPSA) is 118 Å². The molecule has 1 amide bonds. The first-order valence-electron chi connectivity index (χ1n) is 12.5. The number of furan rings is 1. The van der Waals surface area contributed by atoms with Crippen LogP contribution in [0.3, 0.4) is 0 Å². The lowest BCUT2D eigenvalue weighted by atomic mass is 10.0. The fourth-order valence-corrected chi connectivity index (χ4v) is 5.72. The number of fused-ring (bicyclic) bond motifs is 2. The van der Waals surface area contributed by atoms with E-state index in [1.807, 2.05) is 31.2 Å². The van der Waals surface area contributed by atoms with Gasteiger partial charge >= 0.3 is 0 Å². The number of benzene rings is 3. The van der Waals surface area contributed by atoms with Gasteiger partial charge in [0.1, 0.15) is 22.8 Å². The number of rotatable bonds is 6. The van der Waals surface area contributed by atoms with Crippen LogP contribution in [-0.2, 0) is 14.8 Å². The van der Waals surface area contributed by atoms with Gasteiger partial charge in [0.25, 0.3) is 5.91 Å². The van der Waals surface area contributed by atoms with Crippen molar-refractivity contribution in [1.29, 1.82) is 0 Å². The van der Waals surface area contributed by atoms with Crippen molar-refractivity contribution in [3.63, 3.8) is 0 Å². The van der Waals surface area contributed by atoms with Crippen molar-refractivity contribution in [2.24, 2.45) is 0 Å². The Hall–Kier alpha value is -3.86. The molecule has 10 heteroatoms. The fourth-order valence-electron chi connectivity index (χ4n) is 4.76. The fraction of sp³-hybridized carbons (Fsp3) is 0.276. The number of aliphatic hydroxyl groups excluding tert-OH is 1. The summed E-state index contributed by atoms with van der Waals surface area (Å²) in [6.07, 6.45) is -0.139. The third-order valence-electron chi connectivity index (χ3n) is 6.74. The van der Waals surface area contributed by atoms with Crippen molar-refractivity contribution in [3.8, 4) is 22.8 Å². The number of hydrogen-bond donors (Lipinski definition) is 2. The molecule has 0 fully saturated rings. The van der Waals surface area contributed by atoms with E-state index < -0.39 is 22.2 Å². The van der Waals surface area contributed by atoms with Crippen molar-refractivity contribution >= 4 is 32.6 Å². The lowest BCUT2D eigenvalue weighted by Crippen LogP contribution is -2.38. The van der Waals surface area contributed by atoms with Crippen molar-refractivity contribution in [3.05, 3.63) is 77.4 Å². The number of carbonyl (C=O) groups excluding carboxylic acids is 1. The highest BCUT2D eigenvalue weighted by atomic mass is 32.2. The van der Waals surface area contributed by atoms with Gasteiger partial charge in [0.2, 0.25) is 10.0 Å². The van der Waals surface area contributed by atoms with Gasteiger partial charge in [-0.05, 0) is 56.3 Å². The minimum absolute atomic E-state index is 0.0451. The summed E-state index contributed by atoms with van der Waals surface area (Å²) in [6.45, 7) is 3.41. The first-order chi connectivity index (χ1) is 18.6. The monoisotopic (exact) mass is 550 g/mol. The van der Waals surface area contributed by atoms with Gasteiger partial charge in [-0.25, -0.2) is 8.42 Å². The van der Waals surface area contributed by atoms with Gasteiger partial charge in [0, 0.05) is 29.6 Å². The van der Waals surface area contributed by atoms with E-state index in [4.69, 9.17) is 13.9 Å². The standard InChI is InChI=1S/C29H30N2O7S/c1-17-5-9-20(10-6-17)37-21-11-7-19(8-12-21)28-27(29(33)30-3)24-13-23-18(2)36-22(16-32)15-31(39(4,34)35)25(23)14-26(24)38-28/h5-14,18,22,32H,15-16H2,1-4H3,(H,30,33)/t18-,22+/m0/s1. The van der Waals surface area contributed by atoms with Crippen molar-refractivity contribution < 1.29 is 32.2 Å². The first kappa shape index (κ1) is 26.7. The van der Waals surface area contributed by atoms with Gasteiger partial charge in [-0.3, -0.25) is 9.10 Å². The molecule has 0 saturated heterocycles. The molecule has 1 aromatic heterocycles. The molecule has 0 radical (unpaired) electrons. The van der Waals surface area contributed by atoms with Gasteiger partial charge < -0.3 is 24.3 Å². The van der Waals surface area contributed by atoms with Crippen LogP contribution >= 0.6 is 0 Å². The molecule has 0 aliphatic carbocycles. The average Bonchev–Trinajstić information content (AvgIpc) is 3.22. The van der Waals surface area contributed by atoms with Gasteiger partial charge in [0.05, 0.1) is 42.9 Å². The van der Waals surface area contributed by atoms with E-state index in [9.17, 15) is 18.3 Å². The Bertz CT molecular complexity index is 1630. The number of sulfonamides is 1. The smallest absolute Gasteiger partial charge is 0.255 e. The van der Waals surface area contributed by atoms with Crippen LogP contribution < -0.4 is 14.4 Å². The second-order valence-electron chi connectivity index (χ2n) is 9.61. The molecule has 2 N–H and O–H groups in total. The van der Waals surface area contributed by atoms with Crippen LogP contribution in [0.25, 0.3) is 22.3 Å². The van der Waals surface area contributed by atoms with E-state index >= 15 is 0 Å². The van der Waals surface area contributed by atoms with Crippen molar-refractivity contribution in [1.82, 2.24) is 5.32 Å². The van der Waals surface area contributed by atoms with Crippen LogP contribution in [-0.4, -0.2) is 52.0 Å². The van der Waals surface area contributed by atoms with Crippen LogP contribution in [0.1, 0.15) is 34.5 Å². The third-order valence-corrected chi connectivity index (χ3v) is 7.89. The Kier molecular flexibility index (Phi) is 7.11. The molecule has 2 atom stereocenters. The van der Waals surface area contributed by atoms with Crippen LogP contribution in [0.15, 0.2) is 65.1 Å². The van der Waals surface area contributed by atoms with Crippen LogP contribution in [0.2, 0.25) is 0 Å². The summed E-state index contributed by atoms with van der Waals surface area (Å²) < 4.78 is 44.7. The molecule has 0 saturated carbocycles. The number of hydrogen-bond acceptors (Lipinski definition) is 7. The maximum Gasteiger partial charge on any atom is 0.255 e. The van der Waals surface area contributed by atoms with E-state index in [-0.39, 0.29) is 19.1 Å². The third kappa shape index (κ3) is 5.23. The molecule has 0 unspecified atom stereocenters. The van der Waals surface area contributed by atoms with Crippen molar-refractivity contribution in [2.45, 2.75) is 26.1 Å². The number of ether oxygens (including phenoxy) is 2. The zero-order valence-corrected chi connectivity index (χ0v) is 22.9. The van der Waals surface area contributed by atoms with E-state index in [2.05, 4.69) is 5.32 Å². The van der Waals surface area contributed by atoms with Crippen LogP contribution in [0.5, 0.6) is 11.5 Å². The Morgan fingerprint density at radius 3 is 2.33 bits per heavy atom. The second kappa shape index (κ2) is 10.4. The van der Waals surface area contributed by atoms with E-state index in [1.165, 1.54) is 11.4 Å². The zero-order chi connectivity index (χ0) is 27.9. The number of nitrogens with one attached hydrogen (secondary N) is 1. The highest BCUT2D eigenvalue weighted by Gasteiger charge is 2.33. The molecular weight excluding hydrogens is 520 g/mol. The minimum atomic E-state index is -3.70. The number of anilines is 1. The predicted molar refractivity (Wildman–Crippen MR) is 149 cm³/mol. The molecule has 39 heavy (non-hydrogen) atoms. The van der Waals surface area contributed by atoms with Gasteiger partial charge in [0.15, 0.2) is 0 Å². The summed E-state index contributed by atoms with van der Waals surface area (Å²) in [7, 11) is -2.16. The zero-order valence-electron chi connectivity index (χ0n) is 22.1. The molecule has 0 spiro atoms. The number of carbonyl (C=O) groups is 1. The number of amides is 1. The van der Waals surface area contributed by atoms with Crippen molar-refractivity contribution in [2.75, 3.05) is 30.8 Å². The number of aliphatic hydroxyl groups is 1. The molecule has 1 aliphatic heterocycles. The van der Waals surface area contributed by atoms with Gasteiger partial charge in [-0.2, -0.15) is 0 Å². The summed E-state index contributed by atoms with van der Waals surface area (Å²) in [5.74, 6) is 1.33. The molecule has 204 valence electrons. The highest BCUT2D eigenvalue weighted by molar-refractivity contribution is 7.92. The Balaban J connectivity index is 1.61. The first-order valence-corrected chi connectivity index (χ1v) is 14.4. The summed E-state index contributed by atoms with van der Waals surface area (Å²) in [6, 6.07) is 18.3. The molecule has 1 aliphatic rings. The molecule has 0 bridgehead atoms. The van der Waals surface area contributed by atoms with Crippen LogP contribution in [0.4, 0.5) is 5.69 Å². The molecule has 2 heterocycles. The predicted octanol–water partition coefficient (Wildman–Crippen LogP) is 4.78. The summed E-state index contributed by atoms with van der Waals surface area (Å²) in [5.41, 5.74) is 3.42. The van der Waals surface area contributed by atoms with E-state index in [0.29, 0.717) is 50.6 Å². The normalized spacial score (nSPS) is 17.5. The lowest BCUT2D eigenvalue weighted by Gasteiger charge is -2.24. The molecular formula is C29H30N2O7S. The lowest BCUT2D eigenvalue weighted by molar-refractivity contribution is -0.0227. The van der Waals surface area contributed by atoms with Crippen LogP contribution in [0, 0.1) is 6.92 Å². The van der Waals surface area contributed by atoms with E-state index in [1.54, 1.807) is 43.3 Å².